The van der Waals surface area contributed by atoms with E-state index in [2.05, 4.69) is 34.2 Å². The highest BCUT2D eigenvalue weighted by atomic mass is 16.5. The molecule has 1 aliphatic heterocycles. The quantitative estimate of drug-likeness (QED) is 0.865. The summed E-state index contributed by atoms with van der Waals surface area (Å²) in [6.07, 6.45) is 6.62. The molecule has 0 bridgehead atoms. The van der Waals surface area contributed by atoms with Crippen molar-refractivity contribution in [1.29, 1.82) is 0 Å². The van der Waals surface area contributed by atoms with Crippen LogP contribution in [0.5, 0.6) is 0 Å². The van der Waals surface area contributed by atoms with E-state index in [4.69, 9.17) is 4.52 Å². The summed E-state index contributed by atoms with van der Waals surface area (Å²) in [7, 11) is 0. The van der Waals surface area contributed by atoms with Gasteiger partial charge in [0.1, 0.15) is 0 Å². The van der Waals surface area contributed by atoms with Gasteiger partial charge < -0.3 is 9.84 Å². The molecular formula is C15H26N4O. The monoisotopic (exact) mass is 278 g/mol. The number of rotatable bonds is 6. The average molecular weight is 278 g/mol. The van der Waals surface area contributed by atoms with Crippen LogP contribution >= 0.6 is 0 Å². The molecule has 0 radical (unpaired) electrons. The molecule has 1 saturated heterocycles. The largest absolute Gasteiger partial charge is 0.339 e. The normalized spacial score (nSPS) is 23.7. The molecule has 1 aromatic heterocycles. The van der Waals surface area contributed by atoms with Gasteiger partial charge in [-0.25, -0.2) is 0 Å². The lowest BCUT2D eigenvalue weighted by atomic mass is 10.0. The first-order valence-electron chi connectivity index (χ1n) is 8.02. The standard InChI is InChI=1S/C15H26N4O/c1-11(2)15-17-14(18-20-15)10-19(13-6-7-13)9-12-5-3-4-8-16-12/h11-13,16H,3-10H2,1-2H3. The second kappa shape index (κ2) is 6.22. The zero-order valence-corrected chi connectivity index (χ0v) is 12.6. The van der Waals surface area contributed by atoms with Crippen LogP contribution in [-0.4, -0.2) is 40.2 Å². The Morgan fingerprint density at radius 2 is 2.15 bits per heavy atom. The van der Waals surface area contributed by atoms with Crippen molar-refractivity contribution in [3.8, 4) is 0 Å². The summed E-state index contributed by atoms with van der Waals surface area (Å²) in [5.74, 6) is 1.91. The summed E-state index contributed by atoms with van der Waals surface area (Å²) < 4.78 is 5.31. The van der Waals surface area contributed by atoms with E-state index in [0.29, 0.717) is 12.0 Å². The van der Waals surface area contributed by atoms with Crippen molar-refractivity contribution in [2.75, 3.05) is 13.1 Å². The first kappa shape index (κ1) is 14.0. The van der Waals surface area contributed by atoms with Gasteiger partial charge >= 0.3 is 0 Å². The summed E-state index contributed by atoms with van der Waals surface area (Å²) >= 11 is 0. The Morgan fingerprint density at radius 1 is 1.30 bits per heavy atom. The number of piperidine rings is 1. The molecule has 5 heteroatoms. The number of hydrogen-bond acceptors (Lipinski definition) is 5. The lowest BCUT2D eigenvalue weighted by Crippen LogP contribution is -2.44. The molecule has 1 aromatic rings. The van der Waals surface area contributed by atoms with Crippen LogP contribution in [0.1, 0.15) is 63.6 Å². The fourth-order valence-corrected chi connectivity index (χ4v) is 2.89. The molecule has 1 unspecified atom stereocenters. The topological polar surface area (TPSA) is 54.2 Å². The van der Waals surface area contributed by atoms with E-state index in [9.17, 15) is 0 Å². The molecule has 0 spiro atoms. The van der Waals surface area contributed by atoms with E-state index in [1.54, 1.807) is 0 Å². The summed E-state index contributed by atoms with van der Waals surface area (Å²) in [6.45, 7) is 7.29. The van der Waals surface area contributed by atoms with Crippen molar-refractivity contribution < 1.29 is 4.52 Å². The Hall–Kier alpha value is -0.940. The molecule has 2 heterocycles. The molecule has 3 rings (SSSR count). The van der Waals surface area contributed by atoms with Crippen LogP contribution in [0.15, 0.2) is 4.52 Å². The highest BCUT2D eigenvalue weighted by Crippen LogP contribution is 2.29. The lowest BCUT2D eigenvalue weighted by Gasteiger charge is -2.29. The zero-order chi connectivity index (χ0) is 13.9. The van der Waals surface area contributed by atoms with Crippen LogP contribution in [0.3, 0.4) is 0 Å². The number of nitrogens with zero attached hydrogens (tertiary/aromatic N) is 3. The molecule has 1 N–H and O–H groups in total. The van der Waals surface area contributed by atoms with Crippen molar-refractivity contribution in [2.45, 2.75) is 70.5 Å². The zero-order valence-electron chi connectivity index (χ0n) is 12.6. The van der Waals surface area contributed by atoms with Crippen molar-refractivity contribution in [2.24, 2.45) is 0 Å². The molecule has 0 aromatic carbocycles. The molecule has 5 nitrogen and oxygen atoms in total. The van der Waals surface area contributed by atoms with Gasteiger partial charge in [0.25, 0.3) is 0 Å². The van der Waals surface area contributed by atoms with Gasteiger partial charge in [0.15, 0.2) is 5.82 Å². The summed E-state index contributed by atoms with van der Waals surface area (Å²) in [5, 5.41) is 7.77. The molecule has 20 heavy (non-hydrogen) atoms. The molecule has 1 aliphatic carbocycles. The fraction of sp³-hybridized carbons (Fsp3) is 0.867. The Morgan fingerprint density at radius 3 is 2.75 bits per heavy atom. The fourth-order valence-electron chi connectivity index (χ4n) is 2.89. The van der Waals surface area contributed by atoms with Crippen LogP contribution in [0.2, 0.25) is 0 Å². The summed E-state index contributed by atoms with van der Waals surface area (Å²) in [5.41, 5.74) is 0. The van der Waals surface area contributed by atoms with E-state index < -0.39 is 0 Å². The van der Waals surface area contributed by atoms with Gasteiger partial charge in [0.05, 0.1) is 6.54 Å². The molecule has 2 aliphatic rings. The third-order valence-corrected chi connectivity index (χ3v) is 4.25. The van der Waals surface area contributed by atoms with Crippen LogP contribution in [0, 0.1) is 0 Å². The Bertz CT molecular complexity index is 421. The smallest absolute Gasteiger partial charge is 0.229 e. The highest BCUT2D eigenvalue weighted by molar-refractivity contribution is 4.94. The number of nitrogens with one attached hydrogen (secondary N) is 1. The summed E-state index contributed by atoms with van der Waals surface area (Å²) in [4.78, 5) is 7.05. The SMILES string of the molecule is CC(C)c1nc(CN(CC2CCCCN2)C2CC2)no1. The number of hydrogen-bond donors (Lipinski definition) is 1. The Labute approximate surface area is 121 Å². The minimum atomic E-state index is 0.311. The molecule has 1 saturated carbocycles. The summed E-state index contributed by atoms with van der Waals surface area (Å²) in [6, 6.07) is 1.38. The van der Waals surface area contributed by atoms with E-state index in [-0.39, 0.29) is 0 Å². The maximum atomic E-state index is 5.31. The maximum Gasteiger partial charge on any atom is 0.229 e. The molecular weight excluding hydrogens is 252 g/mol. The van der Waals surface area contributed by atoms with Crippen LogP contribution < -0.4 is 5.32 Å². The predicted molar refractivity (Wildman–Crippen MR) is 77.5 cm³/mol. The van der Waals surface area contributed by atoms with Gasteiger partial charge in [-0.05, 0) is 32.2 Å². The van der Waals surface area contributed by atoms with Gasteiger partial charge in [0.2, 0.25) is 5.89 Å². The van der Waals surface area contributed by atoms with Crippen molar-refractivity contribution in [3.05, 3.63) is 11.7 Å². The third-order valence-electron chi connectivity index (χ3n) is 4.25. The van der Waals surface area contributed by atoms with Crippen LogP contribution in [0.25, 0.3) is 0 Å². The average Bonchev–Trinajstić information content (AvgIpc) is 3.19. The van der Waals surface area contributed by atoms with Gasteiger partial charge in [0, 0.05) is 24.5 Å². The third kappa shape index (κ3) is 3.58. The van der Waals surface area contributed by atoms with Gasteiger partial charge in [-0.15, -0.1) is 0 Å². The Balaban J connectivity index is 1.58. The first-order chi connectivity index (χ1) is 9.72. The minimum Gasteiger partial charge on any atom is -0.339 e. The van der Waals surface area contributed by atoms with E-state index in [1.807, 2.05) is 0 Å². The first-order valence-corrected chi connectivity index (χ1v) is 8.02. The maximum absolute atomic E-state index is 5.31. The molecule has 0 amide bonds. The minimum absolute atomic E-state index is 0.311. The van der Waals surface area contributed by atoms with E-state index >= 15 is 0 Å². The van der Waals surface area contributed by atoms with Crippen molar-refractivity contribution >= 4 is 0 Å². The number of aromatic nitrogens is 2. The van der Waals surface area contributed by atoms with Crippen LogP contribution in [-0.2, 0) is 6.54 Å². The van der Waals surface area contributed by atoms with Gasteiger partial charge in [-0.3, -0.25) is 4.90 Å². The lowest BCUT2D eigenvalue weighted by molar-refractivity contribution is 0.201. The van der Waals surface area contributed by atoms with E-state index in [1.165, 1.54) is 38.6 Å². The van der Waals surface area contributed by atoms with Gasteiger partial charge in [-0.2, -0.15) is 4.98 Å². The molecule has 1 atom stereocenters. The Kier molecular flexibility index (Phi) is 4.36. The van der Waals surface area contributed by atoms with Crippen LogP contribution in [0.4, 0.5) is 0 Å². The van der Waals surface area contributed by atoms with Crippen molar-refractivity contribution in [1.82, 2.24) is 20.4 Å². The predicted octanol–water partition coefficient (Wildman–Crippen LogP) is 2.30. The second-order valence-electron chi connectivity index (χ2n) is 6.51. The second-order valence-corrected chi connectivity index (χ2v) is 6.51. The molecule has 2 fully saturated rings. The van der Waals surface area contributed by atoms with Crippen molar-refractivity contribution in [3.63, 3.8) is 0 Å². The van der Waals surface area contributed by atoms with Gasteiger partial charge in [-0.1, -0.05) is 25.4 Å². The van der Waals surface area contributed by atoms with E-state index in [0.717, 1.165) is 30.8 Å². The highest BCUT2D eigenvalue weighted by Gasteiger charge is 2.31. The molecule has 112 valence electrons.